The van der Waals surface area contributed by atoms with Gasteiger partial charge in [0.2, 0.25) is 0 Å². The van der Waals surface area contributed by atoms with Gasteiger partial charge in [-0.1, -0.05) is 18.2 Å². The summed E-state index contributed by atoms with van der Waals surface area (Å²) in [5.74, 6) is 0. The van der Waals surface area contributed by atoms with Crippen molar-refractivity contribution in [2.24, 2.45) is 12.8 Å². The Hall–Kier alpha value is -1.48. The van der Waals surface area contributed by atoms with E-state index in [0.29, 0.717) is 0 Å². The van der Waals surface area contributed by atoms with E-state index in [-0.39, 0.29) is 0 Å². The summed E-state index contributed by atoms with van der Waals surface area (Å²) in [6, 6.07) is 8.44. The predicted molar refractivity (Wildman–Crippen MR) is 69.7 cm³/mol. The summed E-state index contributed by atoms with van der Waals surface area (Å²) < 4.78 is 2.15. The van der Waals surface area contributed by atoms with Gasteiger partial charge in [0.1, 0.15) is 0 Å². The number of unbranched alkanes of at least 4 members (excludes halogenated alkanes) is 1. The van der Waals surface area contributed by atoms with Crippen molar-refractivity contribution in [3.63, 3.8) is 0 Å². The Balaban J connectivity index is 2.12. The van der Waals surface area contributed by atoms with Crippen molar-refractivity contribution in [3.05, 3.63) is 30.5 Å². The van der Waals surface area contributed by atoms with Gasteiger partial charge in [0, 0.05) is 30.7 Å². The first-order chi connectivity index (χ1) is 7.83. The van der Waals surface area contributed by atoms with Gasteiger partial charge in [-0.15, -0.1) is 0 Å². The zero-order valence-electron chi connectivity index (χ0n) is 9.74. The van der Waals surface area contributed by atoms with Crippen LogP contribution in [0.15, 0.2) is 30.5 Å². The van der Waals surface area contributed by atoms with Gasteiger partial charge in [-0.2, -0.15) is 0 Å². The molecular formula is C13H19N3. The van der Waals surface area contributed by atoms with Crippen LogP contribution in [0.3, 0.4) is 0 Å². The fraction of sp³-hybridized carbons (Fsp3) is 0.385. The lowest BCUT2D eigenvalue weighted by atomic mass is 10.2. The average Bonchev–Trinajstić information content (AvgIpc) is 2.63. The first kappa shape index (κ1) is 11.0. The zero-order valence-corrected chi connectivity index (χ0v) is 9.74. The Morgan fingerprint density at radius 3 is 2.88 bits per heavy atom. The summed E-state index contributed by atoms with van der Waals surface area (Å²) in [5.41, 5.74) is 7.96. The summed E-state index contributed by atoms with van der Waals surface area (Å²) in [6.07, 6.45) is 4.35. The minimum absolute atomic E-state index is 0.775. The van der Waals surface area contributed by atoms with Crippen LogP contribution in [-0.4, -0.2) is 17.7 Å². The number of benzene rings is 1. The van der Waals surface area contributed by atoms with Crippen molar-refractivity contribution in [1.82, 2.24) is 4.57 Å². The number of hydrogen-bond acceptors (Lipinski definition) is 2. The molecule has 3 heteroatoms. The number of aromatic nitrogens is 1. The molecule has 0 aliphatic rings. The maximum atomic E-state index is 5.47. The summed E-state index contributed by atoms with van der Waals surface area (Å²) in [5, 5.41) is 4.76. The molecule has 86 valence electrons. The van der Waals surface area contributed by atoms with Crippen LogP contribution < -0.4 is 11.1 Å². The Morgan fingerprint density at radius 2 is 2.06 bits per heavy atom. The molecule has 0 amide bonds. The molecule has 0 atom stereocenters. The molecule has 3 nitrogen and oxygen atoms in total. The Bertz CT molecular complexity index is 459. The first-order valence-corrected chi connectivity index (χ1v) is 5.81. The van der Waals surface area contributed by atoms with Gasteiger partial charge < -0.3 is 15.6 Å². The molecule has 1 aromatic heterocycles. The van der Waals surface area contributed by atoms with E-state index < -0.39 is 0 Å². The third-order valence-corrected chi connectivity index (χ3v) is 2.84. The van der Waals surface area contributed by atoms with E-state index in [9.17, 15) is 0 Å². The largest absolute Gasteiger partial charge is 0.383 e. The quantitative estimate of drug-likeness (QED) is 0.755. The monoisotopic (exact) mass is 217 g/mol. The van der Waals surface area contributed by atoms with Crippen LogP contribution in [0.5, 0.6) is 0 Å². The zero-order chi connectivity index (χ0) is 11.4. The lowest BCUT2D eigenvalue weighted by molar-refractivity contribution is 0.774. The molecule has 2 aromatic rings. The van der Waals surface area contributed by atoms with Crippen LogP contribution in [0.1, 0.15) is 12.8 Å². The standard InChI is InChI=1S/C13H19N3/c1-16-10-12(15-9-5-4-8-14)11-6-2-3-7-13(11)16/h2-3,6-7,10,15H,4-5,8-9,14H2,1H3. The number of nitrogens with zero attached hydrogens (tertiary/aromatic N) is 1. The second-order valence-electron chi connectivity index (χ2n) is 4.09. The van der Waals surface area contributed by atoms with Crippen LogP contribution in [-0.2, 0) is 7.05 Å². The Labute approximate surface area is 96.2 Å². The molecule has 0 aliphatic carbocycles. The number of nitrogens with one attached hydrogen (secondary N) is 1. The van der Waals surface area contributed by atoms with E-state index in [1.165, 1.54) is 16.6 Å². The van der Waals surface area contributed by atoms with Crippen LogP contribution in [0.2, 0.25) is 0 Å². The van der Waals surface area contributed by atoms with Crippen molar-refractivity contribution in [2.75, 3.05) is 18.4 Å². The first-order valence-electron chi connectivity index (χ1n) is 5.81. The van der Waals surface area contributed by atoms with Crippen molar-refractivity contribution in [3.8, 4) is 0 Å². The van der Waals surface area contributed by atoms with Gasteiger partial charge in [0.25, 0.3) is 0 Å². The van der Waals surface area contributed by atoms with Crippen LogP contribution in [0.25, 0.3) is 10.9 Å². The number of rotatable bonds is 5. The molecule has 0 spiro atoms. The molecular weight excluding hydrogens is 198 g/mol. The maximum absolute atomic E-state index is 5.47. The summed E-state index contributed by atoms with van der Waals surface area (Å²) in [7, 11) is 2.08. The average molecular weight is 217 g/mol. The molecule has 16 heavy (non-hydrogen) atoms. The fourth-order valence-electron chi connectivity index (χ4n) is 1.97. The molecule has 0 radical (unpaired) electrons. The van der Waals surface area contributed by atoms with Gasteiger partial charge in [-0.25, -0.2) is 0 Å². The molecule has 0 bridgehead atoms. The van der Waals surface area contributed by atoms with E-state index in [0.717, 1.165) is 25.9 Å². The number of nitrogens with two attached hydrogens (primary N) is 1. The van der Waals surface area contributed by atoms with Crippen LogP contribution in [0, 0.1) is 0 Å². The van der Waals surface area contributed by atoms with Gasteiger partial charge in [0.05, 0.1) is 5.69 Å². The van der Waals surface area contributed by atoms with E-state index >= 15 is 0 Å². The van der Waals surface area contributed by atoms with Crippen LogP contribution >= 0.6 is 0 Å². The Morgan fingerprint density at radius 1 is 1.25 bits per heavy atom. The Kier molecular flexibility index (Phi) is 3.47. The SMILES string of the molecule is Cn1cc(NCCCCN)c2ccccc21. The van der Waals surface area contributed by atoms with E-state index in [1.54, 1.807) is 0 Å². The number of para-hydroxylation sites is 1. The van der Waals surface area contributed by atoms with E-state index in [2.05, 4.69) is 47.4 Å². The smallest absolute Gasteiger partial charge is 0.0599 e. The highest BCUT2D eigenvalue weighted by atomic mass is 15.0. The molecule has 1 heterocycles. The minimum Gasteiger partial charge on any atom is -0.383 e. The highest BCUT2D eigenvalue weighted by molar-refractivity contribution is 5.92. The van der Waals surface area contributed by atoms with Gasteiger partial charge >= 0.3 is 0 Å². The highest BCUT2D eigenvalue weighted by Gasteiger charge is 2.04. The molecule has 3 N–H and O–H groups in total. The number of hydrogen-bond donors (Lipinski definition) is 2. The molecule has 0 saturated carbocycles. The second kappa shape index (κ2) is 5.03. The predicted octanol–water partition coefficient (Wildman–Crippen LogP) is 2.33. The van der Waals surface area contributed by atoms with Gasteiger partial charge in [-0.05, 0) is 25.5 Å². The number of aryl methyl sites for hydroxylation is 1. The van der Waals surface area contributed by atoms with Crippen LogP contribution in [0.4, 0.5) is 5.69 Å². The summed E-state index contributed by atoms with van der Waals surface area (Å²) >= 11 is 0. The van der Waals surface area contributed by atoms with E-state index in [4.69, 9.17) is 5.73 Å². The number of anilines is 1. The van der Waals surface area contributed by atoms with Crippen molar-refractivity contribution in [1.29, 1.82) is 0 Å². The van der Waals surface area contributed by atoms with E-state index in [1.807, 2.05) is 0 Å². The van der Waals surface area contributed by atoms with Crippen molar-refractivity contribution < 1.29 is 0 Å². The molecule has 0 aliphatic heterocycles. The number of fused-ring (bicyclic) bond motifs is 1. The third-order valence-electron chi connectivity index (χ3n) is 2.84. The lowest BCUT2D eigenvalue weighted by Crippen LogP contribution is -2.05. The van der Waals surface area contributed by atoms with Gasteiger partial charge in [0.15, 0.2) is 0 Å². The molecule has 2 rings (SSSR count). The fourth-order valence-corrected chi connectivity index (χ4v) is 1.97. The summed E-state index contributed by atoms with van der Waals surface area (Å²) in [4.78, 5) is 0. The molecule has 0 unspecified atom stereocenters. The van der Waals surface area contributed by atoms with Crippen molar-refractivity contribution in [2.45, 2.75) is 12.8 Å². The highest BCUT2D eigenvalue weighted by Crippen LogP contribution is 2.24. The minimum atomic E-state index is 0.775. The molecule has 0 fully saturated rings. The van der Waals surface area contributed by atoms with Gasteiger partial charge in [-0.3, -0.25) is 0 Å². The molecule has 1 aromatic carbocycles. The maximum Gasteiger partial charge on any atom is 0.0599 e. The second-order valence-corrected chi connectivity index (χ2v) is 4.09. The molecule has 0 saturated heterocycles. The third kappa shape index (κ3) is 2.19. The lowest BCUT2D eigenvalue weighted by Gasteiger charge is -2.03. The normalized spacial score (nSPS) is 10.9. The topological polar surface area (TPSA) is 43.0 Å². The van der Waals surface area contributed by atoms with Crippen molar-refractivity contribution >= 4 is 16.6 Å². The summed E-state index contributed by atoms with van der Waals surface area (Å²) in [6.45, 7) is 1.77.